The predicted molar refractivity (Wildman–Crippen MR) is 141 cm³/mol. The van der Waals surface area contributed by atoms with Gasteiger partial charge in [-0.3, -0.25) is 14.1 Å². The predicted octanol–water partition coefficient (Wildman–Crippen LogP) is 3.79. The summed E-state index contributed by atoms with van der Waals surface area (Å²) in [7, 11) is 0. The van der Waals surface area contributed by atoms with Crippen LogP contribution in [0.3, 0.4) is 0 Å². The Hall–Kier alpha value is -4.80. The number of pyridine rings is 1. The van der Waals surface area contributed by atoms with Gasteiger partial charge in [0.15, 0.2) is 0 Å². The van der Waals surface area contributed by atoms with Gasteiger partial charge in [0.1, 0.15) is 11.4 Å². The highest BCUT2D eigenvalue weighted by molar-refractivity contribution is 5.91. The van der Waals surface area contributed by atoms with Crippen LogP contribution < -0.4 is 5.69 Å². The summed E-state index contributed by atoms with van der Waals surface area (Å²) in [5, 5.41) is 23.9. The summed E-state index contributed by atoms with van der Waals surface area (Å²) in [5.41, 5.74) is 4.08. The number of nitrogens with one attached hydrogen (secondary N) is 1. The maximum atomic E-state index is 13.7. The van der Waals surface area contributed by atoms with Gasteiger partial charge in [-0.15, -0.1) is 10.2 Å². The quantitative estimate of drug-likeness (QED) is 0.290. The molecule has 4 aromatic heterocycles. The van der Waals surface area contributed by atoms with Crippen LogP contribution in [0.1, 0.15) is 48.4 Å². The molecule has 0 saturated heterocycles. The second kappa shape index (κ2) is 10.7. The molecule has 38 heavy (non-hydrogen) atoms. The molecule has 5 rings (SSSR count). The monoisotopic (exact) mass is 512 g/mol. The molecular weight excluding hydrogens is 484 g/mol. The average molecular weight is 513 g/mol. The zero-order valence-electron chi connectivity index (χ0n) is 21.2. The highest BCUT2D eigenvalue weighted by Crippen LogP contribution is 2.25. The molecule has 0 amide bonds. The molecule has 0 saturated carbocycles. The van der Waals surface area contributed by atoms with Crippen molar-refractivity contribution in [3.05, 3.63) is 88.5 Å². The summed E-state index contributed by atoms with van der Waals surface area (Å²) < 4.78 is 4.92. The molecule has 0 aliphatic rings. The topological polar surface area (TPSA) is 137 Å². The van der Waals surface area contributed by atoms with Gasteiger partial charge in [-0.1, -0.05) is 31.5 Å². The van der Waals surface area contributed by atoms with Crippen LogP contribution in [0.4, 0.5) is 0 Å². The maximum Gasteiger partial charge on any atom is 0.339 e. The van der Waals surface area contributed by atoms with E-state index in [0.717, 1.165) is 40.9 Å². The van der Waals surface area contributed by atoms with E-state index in [1.54, 1.807) is 27.7 Å². The molecule has 2 N–H and O–H groups in total. The Balaban J connectivity index is 1.54. The summed E-state index contributed by atoms with van der Waals surface area (Å²) in [6, 6.07) is 13.2. The number of tetrazole rings is 1. The molecule has 0 fully saturated rings. The first-order valence-corrected chi connectivity index (χ1v) is 12.5. The Kier molecular flexibility index (Phi) is 6.98. The lowest BCUT2D eigenvalue weighted by Crippen LogP contribution is -2.27. The van der Waals surface area contributed by atoms with Crippen LogP contribution in [0.5, 0.6) is 0 Å². The van der Waals surface area contributed by atoms with E-state index in [1.807, 2.05) is 43.3 Å². The lowest BCUT2D eigenvalue weighted by Gasteiger charge is -2.09. The molecule has 4 heterocycles. The second-order valence-corrected chi connectivity index (χ2v) is 8.96. The van der Waals surface area contributed by atoms with Crippen molar-refractivity contribution in [3.63, 3.8) is 0 Å². The number of nitrogens with zero attached hydrogens (tertiary/aromatic N) is 7. The fourth-order valence-corrected chi connectivity index (χ4v) is 4.59. The van der Waals surface area contributed by atoms with Gasteiger partial charge in [-0.25, -0.2) is 9.59 Å². The first-order valence-electron chi connectivity index (χ1n) is 12.5. The van der Waals surface area contributed by atoms with Gasteiger partial charge in [0, 0.05) is 36.4 Å². The number of hydrogen-bond donors (Lipinski definition) is 2. The van der Waals surface area contributed by atoms with Gasteiger partial charge in [0.25, 0.3) is 0 Å². The van der Waals surface area contributed by atoms with Crippen molar-refractivity contribution in [1.82, 2.24) is 39.3 Å². The molecule has 0 aliphatic heterocycles. The van der Waals surface area contributed by atoms with E-state index in [2.05, 4.69) is 32.5 Å². The molecule has 1 aromatic carbocycles. The Morgan fingerprint density at radius 1 is 1.08 bits per heavy atom. The number of hydrogen-bond acceptors (Lipinski definition) is 6. The lowest BCUT2D eigenvalue weighted by atomic mass is 10.0. The smallest absolute Gasteiger partial charge is 0.339 e. The number of aryl methyl sites for hydroxylation is 2. The minimum absolute atomic E-state index is 0.0924. The third-order valence-electron chi connectivity index (χ3n) is 6.52. The molecule has 0 bridgehead atoms. The standard InChI is InChI=1S/C27H28N8O3/c1-3-5-9-22-17-35(25-23(26(36)37)11-13-33(25)4-2)27(38)34(22)16-21-15-19(10-12-28-21)18-7-6-8-20(14-18)24-29-31-32-30-24/h6-8,10-15,17H,3-5,9,16H2,1-2H3,(H,36,37)(H,29,30,31,32). The van der Waals surface area contributed by atoms with E-state index in [1.165, 1.54) is 10.6 Å². The van der Waals surface area contributed by atoms with E-state index < -0.39 is 5.97 Å². The Morgan fingerprint density at radius 2 is 1.89 bits per heavy atom. The van der Waals surface area contributed by atoms with Gasteiger partial charge in [-0.05, 0) is 60.4 Å². The van der Waals surface area contributed by atoms with Crippen molar-refractivity contribution >= 4 is 5.97 Å². The third-order valence-corrected chi connectivity index (χ3v) is 6.52. The van der Waals surface area contributed by atoms with Crippen LogP contribution in [0.15, 0.2) is 65.8 Å². The molecule has 194 valence electrons. The molecule has 5 aromatic rings. The van der Waals surface area contributed by atoms with Crippen LogP contribution in [-0.4, -0.2) is 50.4 Å². The van der Waals surface area contributed by atoms with E-state index in [0.29, 0.717) is 24.6 Å². The molecule has 11 nitrogen and oxygen atoms in total. The molecule has 0 aliphatic carbocycles. The molecule has 0 atom stereocenters. The third kappa shape index (κ3) is 4.77. The fraction of sp³-hybridized carbons (Fsp3) is 0.259. The minimum Gasteiger partial charge on any atom is -0.478 e. The number of benzene rings is 1. The number of carboxylic acid groups (broad SMARTS) is 1. The number of carboxylic acids is 1. The number of unbranched alkanes of at least 4 members (excludes halogenated alkanes) is 1. The van der Waals surface area contributed by atoms with E-state index in [9.17, 15) is 14.7 Å². The number of H-pyrrole nitrogens is 1. The minimum atomic E-state index is -1.07. The average Bonchev–Trinajstić information content (AvgIpc) is 3.68. The van der Waals surface area contributed by atoms with Gasteiger partial charge in [0.05, 0.1) is 12.2 Å². The van der Waals surface area contributed by atoms with Gasteiger partial charge in [-0.2, -0.15) is 5.21 Å². The summed E-state index contributed by atoms with van der Waals surface area (Å²) in [6.45, 7) is 4.81. The van der Waals surface area contributed by atoms with Gasteiger partial charge < -0.3 is 9.67 Å². The summed E-state index contributed by atoms with van der Waals surface area (Å²) in [5.74, 6) is -0.201. The van der Waals surface area contributed by atoms with Gasteiger partial charge >= 0.3 is 11.7 Å². The van der Waals surface area contributed by atoms with Crippen molar-refractivity contribution in [2.45, 2.75) is 46.2 Å². The van der Waals surface area contributed by atoms with Crippen molar-refractivity contribution < 1.29 is 9.90 Å². The van der Waals surface area contributed by atoms with Crippen LogP contribution in [0.25, 0.3) is 28.3 Å². The summed E-state index contributed by atoms with van der Waals surface area (Å²) in [6.07, 6.45) is 7.76. The highest BCUT2D eigenvalue weighted by atomic mass is 16.4. The Morgan fingerprint density at radius 3 is 2.63 bits per heavy atom. The highest BCUT2D eigenvalue weighted by Gasteiger charge is 2.21. The van der Waals surface area contributed by atoms with Crippen LogP contribution in [0.2, 0.25) is 0 Å². The molecule has 0 radical (unpaired) electrons. The van der Waals surface area contributed by atoms with Crippen molar-refractivity contribution in [2.24, 2.45) is 0 Å². The largest absolute Gasteiger partial charge is 0.478 e. The Bertz CT molecular complexity index is 1630. The molecule has 11 heteroatoms. The van der Waals surface area contributed by atoms with E-state index >= 15 is 0 Å². The van der Waals surface area contributed by atoms with Gasteiger partial charge in [0.2, 0.25) is 5.82 Å². The number of aromatic nitrogens is 8. The van der Waals surface area contributed by atoms with Crippen molar-refractivity contribution in [2.75, 3.05) is 0 Å². The second-order valence-electron chi connectivity index (χ2n) is 8.96. The first-order chi connectivity index (χ1) is 18.5. The molecule has 0 unspecified atom stereocenters. The lowest BCUT2D eigenvalue weighted by molar-refractivity contribution is 0.0697. The molecular formula is C27H28N8O3. The summed E-state index contributed by atoms with van der Waals surface area (Å²) in [4.78, 5) is 30.1. The summed E-state index contributed by atoms with van der Waals surface area (Å²) >= 11 is 0. The normalized spacial score (nSPS) is 11.2. The van der Waals surface area contributed by atoms with E-state index in [-0.39, 0.29) is 17.8 Å². The first kappa shape index (κ1) is 24.9. The number of carbonyl (C=O) groups is 1. The van der Waals surface area contributed by atoms with Crippen LogP contribution >= 0.6 is 0 Å². The SMILES string of the molecule is CCCCc1cn(-c2c(C(=O)O)ccn2CC)c(=O)n1Cc1cc(-c2cccc(-c3nn[nH]n3)c2)ccn1. The van der Waals surface area contributed by atoms with Crippen molar-refractivity contribution in [3.8, 4) is 28.3 Å². The number of rotatable bonds is 10. The zero-order valence-corrected chi connectivity index (χ0v) is 21.2. The zero-order chi connectivity index (χ0) is 26.6. The van der Waals surface area contributed by atoms with Crippen LogP contribution in [0, 0.1) is 0 Å². The maximum absolute atomic E-state index is 13.7. The molecule has 0 spiro atoms. The number of aromatic amines is 1. The van der Waals surface area contributed by atoms with Crippen molar-refractivity contribution in [1.29, 1.82) is 0 Å². The Labute approximate surface area is 218 Å². The van der Waals surface area contributed by atoms with Crippen LogP contribution in [-0.2, 0) is 19.5 Å². The fourth-order valence-electron chi connectivity index (χ4n) is 4.59. The number of imidazole rings is 1. The number of aromatic carboxylic acids is 1. The van der Waals surface area contributed by atoms with E-state index in [4.69, 9.17) is 0 Å².